The Morgan fingerprint density at radius 1 is 0.860 bits per heavy atom. The molecule has 15 nitrogen and oxygen atoms in total. The molecule has 314 valence electrons. The molecule has 1 aliphatic heterocycles. The number of methoxy groups -OCH3 is 1. The number of hydrogen-bond donors (Lipinski definition) is 5. The molecule has 1 saturated heterocycles. The number of carbonyl (C=O) groups is 6. The standard InChI is InChI=1S/C42H61N5O10/c1-7-8-13-29-15-17-30(18-16-29)31-19-21-32(22-20-31)37(49)45-33(14-9-10-23-43-41(53)57-42(3,4)5)38(50)46-34-26-55-24-11-12-25-56-27-35(40(52)54-6)47-36(48)28(2)44-39(34)51/h15-22,28,33-35H,7-14,23-27H2,1-6H3,(H,43,53)(H,44,51)(H,45,49)(H,46,50)(H,47,48)/t28-,33-,34-,35-/m0/s1. The Morgan fingerprint density at radius 3 is 2.11 bits per heavy atom. The van der Waals surface area contributed by atoms with E-state index in [2.05, 4.69) is 57.8 Å². The second-order valence-corrected chi connectivity index (χ2v) is 15.1. The lowest BCUT2D eigenvalue weighted by Crippen LogP contribution is -2.58. The second-order valence-electron chi connectivity index (χ2n) is 15.1. The van der Waals surface area contributed by atoms with E-state index in [1.165, 1.54) is 19.6 Å². The molecular weight excluding hydrogens is 734 g/mol. The number of aryl methyl sites for hydroxylation is 1. The van der Waals surface area contributed by atoms with Gasteiger partial charge in [0.25, 0.3) is 5.91 Å². The lowest BCUT2D eigenvalue weighted by atomic mass is 10.0. The minimum absolute atomic E-state index is 0.111. The van der Waals surface area contributed by atoms with Gasteiger partial charge in [0.1, 0.15) is 23.7 Å². The number of ether oxygens (including phenoxy) is 4. The monoisotopic (exact) mass is 795 g/mol. The van der Waals surface area contributed by atoms with Crippen molar-refractivity contribution in [1.82, 2.24) is 26.6 Å². The summed E-state index contributed by atoms with van der Waals surface area (Å²) in [7, 11) is 1.20. The fraction of sp³-hybridized carbons (Fsp3) is 0.571. The van der Waals surface area contributed by atoms with Crippen LogP contribution in [0.1, 0.15) is 95.5 Å². The Bertz CT molecular complexity index is 1610. The lowest BCUT2D eigenvalue weighted by Gasteiger charge is -2.25. The van der Waals surface area contributed by atoms with Crippen LogP contribution < -0.4 is 26.6 Å². The molecule has 0 spiro atoms. The summed E-state index contributed by atoms with van der Waals surface area (Å²) in [6.07, 6.45) is 4.93. The first kappa shape index (κ1) is 46.4. The number of alkyl carbamates (subject to hydrolysis) is 1. The van der Waals surface area contributed by atoms with Crippen LogP contribution in [0.25, 0.3) is 11.1 Å². The molecule has 0 bridgehead atoms. The number of nitrogens with one attached hydrogen (secondary N) is 5. The highest BCUT2D eigenvalue weighted by Crippen LogP contribution is 2.21. The van der Waals surface area contributed by atoms with Crippen LogP contribution in [0.2, 0.25) is 0 Å². The zero-order chi connectivity index (χ0) is 41.8. The minimum atomic E-state index is -1.23. The molecule has 1 fully saturated rings. The van der Waals surface area contributed by atoms with Crippen LogP contribution in [-0.2, 0) is 44.5 Å². The summed E-state index contributed by atoms with van der Waals surface area (Å²) in [6, 6.07) is 10.9. The van der Waals surface area contributed by atoms with Crippen LogP contribution in [0.4, 0.5) is 4.79 Å². The number of amides is 5. The van der Waals surface area contributed by atoms with E-state index in [-0.39, 0.29) is 32.8 Å². The molecule has 0 unspecified atom stereocenters. The van der Waals surface area contributed by atoms with Gasteiger partial charge in [-0.25, -0.2) is 9.59 Å². The van der Waals surface area contributed by atoms with Crippen molar-refractivity contribution in [1.29, 1.82) is 0 Å². The maximum Gasteiger partial charge on any atom is 0.407 e. The van der Waals surface area contributed by atoms with Gasteiger partial charge in [-0.1, -0.05) is 49.7 Å². The van der Waals surface area contributed by atoms with Crippen LogP contribution in [0.3, 0.4) is 0 Å². The van der Waals surface area contributed by atoms with Gasteiger partial charge < -0.3 is 45.5 Å². The van der Waals surface area contributed by atoms with E-state index >= 15 is 0 Å². The Morgan fingerprint density at radius 2 is 1.49 bits per heavy atom. The van der Waals surface area contributed by atoms with Gasteiger partial charge in [0.05, 0.1) is 20.3 Å². The van der Waals surface area contributed by atoms with Gasteiger partial charge in [-0.3, -0.25) is 19.2 Å². The van der Waals surface area contributed by atoms with Crippen molar-refractivity contribution in [3.63, 3.8) is 0 Å². The molecule has 5 amide bonds. The van der Waals surface area contributed by atoms with E-state index < -0.39 is 65.5 Å². The number of benzene rings is 2. The van der Waals surface area contributed by atoms with Crippen LogP contribution in [0.5, 0.6) is 0 Å². The topological polar surface area (TPSA) is 199 Å². The smallest absolute Gasteiger partial charge is 0.407 e. The Kier molecular flexibility index (Phi) is 19.4. The molecule has 0 saturated carbocycles. The highest BCUT2D eigenvalue weighted by molar-refractivity contribution is 5.99. The predicted molar refractivity (Wildman–Crippen MR) is 214 cm³/mol. The number of carbonyl (C=O) groups excluding carboxylic acids is 6. The van der Waals surface area contributed by atoms with E-state index in [0.29, 0.717) is 37.9 Å². The van der Waals surface area contributed by atoms with Gasteiger partial charge in [0, 0.05) is 25.3 Å². The van der Waals surface area contributed by atoms with Crippen molar-refractivity contribution < 1.29 is 47.7 Å². The molecule has 1 heterocycles. The third-order valence-electron chi connectivity index (χ3n) is 9.05. The molecule has 15 heteroatoms. The molecule has 5 N–H and O–H groups in total. The van der Waals surface area contributed by atoms with E-state index in [9.17, 15) is 28.8 Å². The maximum absolute atomic E-state index is 13.9. The van der Waals surface area contributed by atoms with E-state index in [4.69, 9.17) is 18.9 Å². The summed E-state index contributed by atoms with van der Waals surface area (Å²) >= 11 is 0. The van der Waals surface area contributed by atoms with Gasteiger partial charge in [0.2, 0.25) is 17.7 Å². The Labute approximate surface area is 336 Å². The Balaban J connectivity index is 1.75. The molecule has 4 atom stereocenters. The van der Waals surface area contributed by atoms with Gasteiger partial charge in [-0.15, -0.1) is 0 Å². The largest absolute Gasteiger partial charge is 0.467 e. The van der Waals surface area contributed by atoms with Crippen molar-refractivity contribution in [3.8, 4) is 11.1 Å². The first-order valence-corrected chi connectivity index (χ1v) is 19.8. The third-order valence-corrected chi connectivity index (χ3v) is 9.05. The first-order chi connectivity index (χ1) is 27.2. The third kappa shape index (κ3) is 16.9. The SMILES string of the molecule is CCCCc1ccc(-c2ccc(C(=O)N[C@@H](CCCCNC(=O)OC(C)(C)C)C(=O)N[C@H]3COCCCCOC[C@@H](C(=O)OC)NC(=O)[C@H](C)NC3=O)cc2)cc1. The fourth-order valence-corrected chi connectivity index (χ4v) is 5.80. The fourth-order valence-electron chi connectivity index (χ4n) is 5.80. The first-order valence-electron chi connectivity index (χ1n) is 19.8. The molecule has 0 radical (unpaired) electrons. The van der Waals surface area contributed by atoms with Crippen LogP contribution in [0, 0.1) is 0 Å². The summed E-state index contributed by atoms with van der Waals surface area (Å²) in [5, 5.41) is 13.3. The van der Waals surface area contributed by atoms with E-state index in [0.717, 1.165) is 30.4 Å². The van der Waals surface area contributed by atoms with Crippen molar-refractivity contribution >= 4 is 35.7 Å². The molecule has 3 rings (SSSR count). The Hall–Kier alpha value is -5.02. The summed E-state index contributed by atoms with van der Waals surface area (Å²) < 4.78 is 21.4. The van der Waals surface area contributed by atoms with E-state index in [1.54, 1.807) is 32.9 Å². The number of esters is 1. The van der Waals surface area contributed by atoms with Crippen molar-refractivity contribution in [2.75, 3.05) is 40.1 Å². The highest BCUT2D eigenvalue weighted by atomic mass is 16.6. The molecule has 1 aliphatic rings. The second kappa shape index (κ2) is 23.9. The van der Waals surface area contributed by atoms with Crippen LogP contribution >= 0.6 is 0 Å². The van der Waals surface area contributed by atoms with Crippen molar-refractivity contribution in [3.05, 3.63) is 59.7 Å². The minimum Gasteiger partial charge on any atom is -0.467 e. The normalized spacial score (nSPS) is 19.0. The lowest BCUT2D eigenvalue weighted by molar-refractivity contribution is -0.147. The van der Waals surface area contributed by atoms with Crippen LogP contribution in [0.15, 0.2) is 48.5 Å². The zero-order valence-corrected chi connectivity index (χ0v) is 34.2. The number of hydrogen-bond acceptors (Lipinski definition) is 10. The highest BCUT2D eigenvalue weighted by Gasteiger charge is 2.31. The molecule has 57 heavy (non-hydrogen) atoms. The average Bonchev–Trinajstić information content (AvgIpc) is 3.18. The van der Waals surface area contributed by atoms with Crippen LogP contribution in [-0.4, -0.2) is 106 Å². The van der Waals surface area contributed by atoms with Gasteiger partial charge in [0.15, 0.2) is 6.04 Å². The van der Waals surface area contributed by atoms with Gasteiger partial charge in [-0.05, 0) is 101 Å². The van der Waals surface area contributed by atoms with Gasteiger partial charge in [-0.2, -0.15) is 0 Å². The molecule has 2 aromatic rings. The van der Waals surface area contributed by atoms with Crippen molar-refractivity contribution in [2.24, 2.45) is 0 Å². The van der Waals surface area contributed by atoms with Crippen molar-refractivity contribution in [2.45, 2.75) is 116 Å². The summed E-state index contributed by atoms with van der Waals surface area (Å²) in [4.78, 5) is 78.3. The molecule has 0 aromatic heterocycles. The average molecular weight is 796 g/mol. The molecular formula is C42H61N5O10. The number of rotatable bonds is 14. The maximum atomic E-state index is 13.9. The van der Waals surface area contributed by atoms with Gasteiger partial charge >= 0.3 is 12.1 Å². The predicted octanol–water partition coefficient (Wildman–Crippen LogP) is 3.96. The molecule has 2 aromatic carbocycles. The summed E-state index contributed by atoms with van der Waals surface area (Å²) in [5.74, 6) is -3.19. The quantitative estimate of drug-likeness (QED) is 0.138. The summed E-state index contributed by atoms with van der Waals surface area (Å²) in [6.45, 7) is 9.39. The zero-order valence-electron chi connectivity index (χ0n) is 34.2. The number of unbranched alkanes of at least 4 members (excludes halogenated alkanes) is 2. The molecule has 0 aliphatic carbocycles. The summed E-state index contributed by atoms with van der Waals surface area (Å²) in [5.41, 5.74) is 2.91. The van der Waals surface area contributed by atoms with E-state index in [1.807, 2.05) is 12.1 Å².